The van der Waals surface area contributed by atoms with E-state index in [0.717, 1.165) is 0 Å². The van der Waals surface area contributed by atoms with E-state index in [2.05, 4.69) is 10.6 Å². The number of nitrogens with zero attached hydrogens (tertiary/aromatic N) is 1. The van der Waals surface area contributed by atoms with Crippen molar-refractivity contribution in [1.82, 2.24) is 0 Å². The molecule has 0 fully saturated rings. The molecule has 0 bridgehead atoms. The average molecular weight is 447 g/mol. The SMILES string of the molecule is COc1cc(NC(=O)c2ccccc2)c(OC)cc1NC(=O)/C=C/c1ccc([N+](=O)[O-])cc1. The Morgan fingerprint density at radius 3 is 2.00 bits per heavy atom. The first-order valence-electron chi connectivity index (χ1n) is 9.77. The predicted octanol–water partition coefficient (Wildman–Crippen LogP) is 4.52. The Labute approximate surface area is 189 Å². The monoisotopic (exact) mass is 447 g/mol. The maximum atomic E-state index is 12.5. The fourth-order valence-corrected chi connectivity index (χ4v) is 2.93. The zero-order valence-electron chi connectivity index (χ0n) is 17.9. The number of nitro groups is 1. The van der Waals surface area contributed by atoms with E-state index in [4.69, 9.17) is 9.47 Å². The van der Waals surface area contributed by atoms with Crippen molar-refractivity contribution in [1.29, 1.82) is 0 Å². The van der Waals surface area contributed by atoms with Crippen LogP contribution in [0.15, 0.2) is 72.8 Å². The molecule has 0 aliphatic rings. The number of ether oxygens (including phenoxy) is 2. The van der Waals surface area contributed by atoms with Gasteiger partial charge in [-0.05, 0) is 35.9 Å². The van der Waals surface area contributed by atoms with Gasteiger partial charge >= 0.3 is 0 Å². The van der Waals surface area contributed by atoms with Gasteiger partial charge in [0.05, 0.1) is 30.5 Å². The van der Waals surface area contributed by atoms with Crippen LogP contribution < -0.4 is 20.1 Å². The number of methoxy groups -OCH3 is 2. The summed E-state index contributed by atoms with van der Waals surface area (Å²) < 4.78 is 10.7. The second-order valence-corrected chi connectivity index (χ2v) is 6.74. The third-order valence-electron chi connectivity index (χ3n) is 4.59. The average Bonchev–Trinajstić information content (AvgIpc) is 2.84. The van der Waals surface area contributed by atoms with Crippen molar-refractivity contribution in [3.63, 3.8) is 0 Å². The number of carbonyl (C=O) groups is 2. The molecule has 0 radical (unpaired) electrons. The topological polar surface area (TPSA) is 120 Å². The maximum Gasteiger partial charge on any atom is 0.269 e. The summed E-state index contributed by atoms with van der Waals surface area (Å²) in [5.74, 6) is -0.125. The quantitative estimate of drug-likeness (QED) is 0.298. The Hall–Kier alpha value is -4.66. The van der Waals surface area contributed by atoms with Gasteiger partial charge in [-0.1, -0.05) is 18.2 Å². The van der Waals surface area contributed by atoms with Gasteiger partial charge in [-0.3, -0.25) is 19.7 Å². The Balaban J connectivity index is 1.76. The number of non-ortho nitro benzene ring substituents is 1. The fraction of sp³-hybridized carbons (Fsp3) is 0.0833. The lowest BCUT2D eigenvalue weighted by Gasteiger charge is -2.16. The Kier molecular flexibility index (Phi) is 7.38. The van der Waals surface area contributed by atoms with E-state index >= 15 is 0 Å². The standard InChI is InChI=1S/C24H21N3O6/c1-32-21-15-20(26-24(29)17-6-4-3-5-7-17)22(33-2)14-19(21)25-23(28)13-10-16-8-11-18(12-9-16)27(30)31/h3-15H,1-2H3,(H,25,28)(H,26,29)/b13-10+. The molecule has 3 aromatic carbocycles. The Morgan fingerprint density at radius 2 is 1.45 bits per heavy atom. The summed E-state index contributed by atoms with van der Waals surface area (Å²) >= 11 is 0. The van der Waals surface area contributed by atoms with Crippen LogP contribution in [-0.2, 0) is 4.79 Å². The van der Waals surface area contributed by atoms with E-state index in [1.807, 2.05) is 6.07 Å². The molecule has 9 heteroatoms. The van der Waals surface area contributed by atoms with Crippen LogP contribution in [0, 0.1) is 10.1 Å². The van der Waals surface area contributed by atoms with E-state index < -0.39 is 10.8 Å². The lowest BCUT2D eigenvalue weighted by atomic mass is 10.2. The van der Waals surface area contributed by atoms with Crippen LogP contribution in [0.25, 0.3) is 6.08 Å². The molecule has 33 heavy (non-hydrogen) atoms. The molecule has 0 spiro atoms. The van der Waals surface area contributed by atoms with Crippen LogP contribution in [0.4, 0.5) is 17.1 Å². The minimum absolute atomic E-state index is 0.0344. The highest BCUT2D eigenvalue weighted by atomic mass is 16.6. The first kappa shape index (κ1) is 23.0. The Bertz CT molecular complexity index is 1190. The van der Waals surface area contributed by atoms with Crippen LogP contribution in [0.2, 0.25) is 0 Å². The number of rotatable bonds is 8. The first-order chi connectivity index (χ1) is 15.9. The summed E-state index contributed by atoms with van der Waals surface area (Å²) in [4.78, 5) is 35.1. The second-order valence-electron chi connectivity index (χ2n) is 6.74. The van der Waals surface area contributed by atoms with Gasteiger partial charge in [0.25, 0.3) is 11.6 Å². The van der Waals surface area contributed by atoms with E-state index in [0.29, 0.717) is 34.0 Å². The maximum absolute atomic E-state index is 12.5. The zero-order valence-corrected chi connectivity index (χ0v) is 17.9. The molecule has 2 amide bonds. The van der Waals surface area contributed by atoms with Gasteiger partial charge in [0.2, 0.25) is 5.91 Å². The van der Waals surface area contributed by atoms with Gasteiger partial charge in [-0.15, -0.1) is 0 Å². The summed E-state index contributed by atoms with van der Waals surface area (Å²) in [6.45, 7) is 0. The highest BCUT2D eigenvalue weighted by molar-refractivity contribution is 6.06. The van der Waals surface area contributed by atoms with Crippen molar-refractivity contribution < 1.29 is 24.0 Å². The number of hydrogen-bond donors (Lipinski definition) is 2. The van der Waals surface area contributed by atoms with Gasteiger partial charge < -0.3 is 20.1 Å². The summed E-state index contributed by atoms with van der Waals surface area (Å²) in [5, 5.41) is 16.2. The lowest BCUT2D eigenvalue weighted by molar-refractivity contribution is -0.384. The molecule has 3 aromatic rings. The van der Waals surface area contributed by atoms with Crippen molar-refractivity contribution in [2.45, 2.75) is 0 Å². The number of amides is 2. The molecule has 9 nitrogen and oxygen atoms in total. The molecule has 0 heterocycles. The molecule has 168 valence electrons. The summed E-state index contributed by atoms with van der Waals surface area (Å²) in [6, 6.07) is 17.6. The molecule has 0 aromatic heterocycles. The van der Waals surface area contributed by atoms with Crippen LogP contribution in [-0.4, -0.2) is 31.0 Å². The smallest absolute Gasteiger partial charge is 0.269 e. The fourth-order valence-electron chi connectivity index (χ4n) is 2.93. The summed E-state index contributed by atoms with van der Waals surface area (Å²) in [7, 11) is 2.88. The molecule has 0 aliphatic carbocycles. The van der Waals surface area contributed by atoms with Crippen LogP contribution in [0.5, 0.6) is 11.5 Å². The summed E-state index contributed by atoms with van der Waals surface area (Å²) in [5.41, 5.74) is 1.78. The van der Waals surface area contributed by atoms with Crippen molar-refractivity contribution in [3.05, 3.63) is 94.0 Å². The normalized spacial score (nSPS) is 10.5. The molecule has 0 saturated carbocycles. The van der Waals surface area contributed by atoms with E-state index in [1.165, 1.54) is 56.7 Å². The van der Waals surface area contributed by atoms with Crippen LogP contribution in [0.1, 0.15) is 15.9 Å². The van der Waals surface area contributed by atoms with Crippen molar-refractivity contribution in [2.24, 2.45) is 0 Å². The highest BCUT2D eigenvalue weighted by Gasteiger charge is 2.15. The number of nitro benzene ring substituents is 1. The minimum atomic E-state index is -0.494. The van der Waals surface area contributed by atoms with Crippen molar-refractivity contribution in [3.8, 4) is 11.5 Å². The zero-order chi connectivity index (χ0) is 23.8. The molecule has 3 rings (SSSR count). The number of anilines is 2. The van der Waals surface area contributed by atoms with Crippen molar-refractivity contribution >= 4 is 35.0 Å². The molecule has 0 atom stereocenters. The van der Waals surface area contributed by atoms with E-state index in [1.54, 1.807) is 30.3 Å². The largest absolute Gasteiger partial charge is 0.494 e. The number of benzene rings is 3. The minimum Gasteiger partial charge on any atom is -0.494 e. The molecule has 0 unspecified atom stereocenters. The third kappa shape index (κ3) is 5.95. The molecular weight excluding hydrogens is 426 g/mol. The van der Waals surface area contributed by atoms with Gasteiger partial charge in [0.1, 0.15) is 11.5 Å². The summed E-state index contributed by atoms with van der Waals surface area (Å²) in [6.07, 6.45) is 2.81. The van der Waals surface area contributed by atoms with Crippen molar-refractivity contribution in [2.75, 3.05) is 24.9 Å². The molecule has 2 N–H and O–H groups in total. The van der Waals surface area contributed by atoms with Crippen LogP contribution in [0.3, 0.4) is 0 Å². The van der Waals surface area contributed by atoms with Gasteiger partial charge in [0.15, 0.2) is 0 Å². The molecule has 0 saturated heterocycles. The van der Waals surface area contributed by atoms with Gasteiger partial charge in [-0.25, -0.2) is 0 Å². The number of hydrogen-bond acceptors (Lipinski definition) is 6. The van der Waals surface area contributed by atoms with E-state index in [9.17, 15) is 19.7 Å². The van der Waals surface area contributed by atoms with Crippen LogP contribution >= 0.6 is 0 Å². The third-order valence-corrected chi connectivity index (χ3v) is 4.59. The van der Waals surface area contributed by atoms with Gasteiger partial charge in [0, 0.05) is 35.9 Å². The predicted molar refractivity (Wildman–Crippen MR) is 125 cm³/mol. The van der Waals surface area contributed by atoms with Gasteiger partial charge in [-0.2, -0.15) is 0 Å². The Morgan fingerprint density at radius 1 is 0.879 bits per heavy atom. The first-order valence-corrected chi connectivity index (χ1v) is 9.77. The second kappa shape index (κ2) is 10.6. The van der Waals surface area contributed by atoms with E-state index in [-0.39, 0.29) is 11.6 Å². The highest BCUT2D eigenvalue weighted by Crippen LogP contribution is 2.36. The number of nitrogens with one attached hydrogen (secondary N) is 2. The lowest BCUT2D eigenvalue weighted by Crippen LogP contribution is -2.14. The molecular formula is C24H21N3O6. The number of carbonyl (C=O) groups excluding carboxylic acids is 2. The molecule has 0 aliphatic heterocycles.